The van der Waals surface area contributed by atoms with Crippen molar-refractivity contribution in [1.29, 1.82) is 0 Å². The number of methoxy groups -OCH3 is 1. The second kappa shape index (κ2) is 7.80. The molecule has 0 amide bonds. The number of anilines is 2. The Morgan fingerprint density at radius 3 is 2.43 bits per heavy atom. The quantitative estimate of drug-likeness (QED) is 0.470. The van der Waals surface area contributed by atoms with Crippen LogP contribution in [0.1, 0.15) is 11.4 Å². The number of phenolic OH excluding ortho intramolecular Hbond substituents is 1. The van der Waals surface area contributed by atoms with Gasteiger partial charge in [-0.15, -0.1) is 0 Å². The van der Waals surface area contributed by atoms with E-state index in [1.807, 2.05) is 60.7 Å². The largest absolute Gasteiger partial charge is 0.508 e. The van der Waals surface area contributed by atoms with Gasteiger partial charge in [-0.1, -0.05) is 30.3 Å². The number of para-hydroxylation sites is 2. The zero-order valence-electron chi connectivity index (χ0n) is 15.3. The molecule has 0 radical (unpaired) electrons. The molecule has 138 valence electrons. The fraction of sp³-hybridized carbons (Fsp3) is 0.0435. The summed E-state index contributed by atoms with van der Waals surface area (Å²) < 4.78 is 5.39. The number of hydrogen-bond donors (Lipinski definition) is 2. The smallest absolute Gasteiger partial charge is 0.154 e. The Balaban J connectivity index is 1.73. The number of hydrogen-bond acceptors (Lipinski definition) is 5. The van der Waals surface area contributed by atoms with Gasteiger partial charge in [0.2, 0.25) is 0 Å². The van der Waals surface area contributed by atoms with Gasteiger partial charge in [-0.05, 0) is 54.6 Å². The highest BCUT2D eigenvalue weighted by Gasteiger charge is 2.07. The summed E-state index contributed by atoms with van der Waals surface area (Å²) in [6.07, 6.45) is 3.81. The molecule has 5 nitrogen and oxygen atoms in total. The maximum atomic E-state index is 9.49. The highest BCUT2D eigenvalue weighted by molar-refractivity contribution is 5.91. The third kappa shape index (κ3) is 3.78. The standard InChI is InChI=1S/C23H19N3O2/c1-28-21-9-5-2-6-16(21)10-15-22-25-20-8-4-3-7-19(20)23(26-22)24-17-11-13-18(27)14-12-17/h2-15,27H,1H3,(H,24,25,26)/b15-10+. The van der Waals surface area contributed by atoms with E-state index in [4.69, 9.17) is 4.74 Å². The molecule has 0 aliphatic heterocycles. The second-order valence-corrected chi connectivity index (χ2v) is 6.19. The van der Waals surface area contributed by atoms with Crippen molar-refractivity contribution in [3.63, 3.8) is 0 Å². The molecule has 1 heterocycles. The highest BCUT2D eigenvalue weighted by Crippen LogP contribution is 2.26. The second-order valence-electron chi connectivity index (χ2n) is 6.19. The minimum atomic E-state index is 0.221. The van der Waals surface area contributed by atoms with Crippen molar-refractivity contribution in [3.05, 3.63) is 84.2 Å². The average molecular weight is 369 g/mol. The van der Waals surface area contributed by atoms with Crippen LogP contribution in [0.5, 0.6) is 11.5 Å². The Hall–Kier alpha value is -3.86. The monoisotopic (exact) mass is 369 g/mol. The van der Waals surface area contributed by atoms with Gasteiger partial charge >= 0.3 is 0 Å². The molecule has 28 heavy (non-hydrogen) atoms. The molecule has 0 fully saturated rings. The van der Waals surface area contributed by atoms with Gasteiger partial charge in [-0.25, -0.2) is 9.97 Å². The Bertz CT molecular complexity index is 1140. The van der Waals surface area contributed by atoms with Crippen LogP contribution in [-0.2, 0) is 0 Å². The van der Waals surface area contributed by atoms with Crippen LogP contribution in [-0.4, -0.2) is 22.2 Å². The van der Waals surface area contributed by atoms with E-state index in [-0.39, 0.29) is 5.75 Å². The normalized spacial score (nSPS) is 11.0. The van der Waals surface area contributed by atoms with Crippen LogP contribution in [0, 0.1) is 0 Å². The van der Waals surface area contributed by atoms with Crippen molar-refractivity contribution in [2.45, 2.75) is 0 Å². The number of nitrogens with one attached hydrogen (secondary N) is 1. The summed E-state index contributed by atoms with van der Waals surface area (Å²) >= 11 is 0. The lowest BCUT2D eigenvalue weighted by atomic mass is 10.2. The molecular formula is C23H19N3O2. The van der Waals surface area contributed by atoms with Gasteiger partial charge in [-0.2, -0.15) is 0 Å². The fourth-order valence-electron chi connectivity index (χ4n) is 2.91. The third-order valence-electron chi connectivity index (χ3n) is 4.30. The summed E-state index contributed by atoms with van der Waals surface area (Å²) in [6.45, 7) is 0. The highest BCUT2D eigenvalue weighted by atomic mass is 16.5. The van der Waals surface area contributed by atoms with Gasteiger partial charge in [0.25, 0.3) is 0 Å². The Kier molecular flexibility index (Phi) is 4.89. The first-order valence-corrected chi connectivity index (χ1v) is 8.87. The number of fused-ring (bicyclic) bond motifs is 1. The van der Waals surface area contributed by atoms with Crippen LogP contribution in [0.3, 0.4) is 0 Å². The molecule has 4 rings (SSSR count). The molecule has 0 aliphatic carbocycles. The number of benzene rings is 3. The van der Waals surface area contributed by atoms with Crippen molar-refractivity contribution in [3.8, 4) is 11.5 Å². The lowest BCUT2D eigenvalue weighted by molar-refractivity contribution is 0.414. The van der Waals surface area contributed by atoms with E-state index in [0.29, 0.717) is 11.6 Å². The van der Waals surface area contributed by atoms with Gasteiger partial charge in [0.15, 0.2) is 5.82 Å². The molecule has 0 unspecified atom stereocenters. The topological polar surface area (TPSA) is 67.3 Å². The van der Waals surface area contributed by atoms with Gasteiger partial charge in [0.1, 0.15) is 17.3 Å². The van der Waals surface area contributed by atoms with E-state index >= 15 is 0 Å². The van der Waals surface area contributed by atoms with E-state index in [1.54, 1.807) is 31.4 Å². The molecule has 0 saturated carbocycles. The van der Waals surface area contributed by atoms with Crippen LogP contribution >= 0.6 is 0 Å². The molecule has 2 N–H and O–H groups in total. The molecule has 3 aromatic carbocycles. The van der Waals surface area contributed by atoms with Crippen LogP contribution in [0.4, 0.5) is 11.5 Å². The van der Waals surface area contributed by atoms with Crippen LogP contribution in [0.15, 0.2) is 72.8 Å². The molecule has 0 atom stereocenters. The van der Waals surface area contributed by atoms with E-state index < -0.39 is 0 Å². The summed E-state index contributed by atoms with van der Waals surface area (Å²) in [5.41, 5.74) is 2.63. The Labute approximate surface area is 163 Å². The molecule has 5 heteroatoms. The van der Waals surface area contributed by atoms with Crippen LogP contribution in [0.25, 0.3) is 23.1 Å². The third-order valence-corrected chi connectivity index (χ3v) is 4.30. The predicted molar refractivity (Wildman–Crippen MR) is 113 cm³/mol. The first-order valence-electron chi connectivity index (χ1n) is 8.87. The summed E-state index contributed by atoms with van der Waals surface area (Å²) in [4.78, 5) is 9.32. The van der Waals surface area contributed by atoms with Crippen molar-refractivity contribution < 1.29 is 9.84 Å². The van der Waals surface area contributed by atoms with Gasteiger partial charge < -0.3 is 15.2 Å². The van der Waals surface area contributed by atoms with Crippen molar-refractivity contribution >= 4 is 34.6 Å². The molecule has 0 aliphatic rings. The summed E-state index contributed by atoms with van der Waals surface area (Å²) in [5, 5.41) is 13.7. The van der Waals surface area contributed by atoms with Crippen molar-refractivity contribution in [2.24, 2.45) is 0 Å². The minimum absolute atomic E-state index is 0.221. The predicted octanol–water partition coefficient (Wildman–Crippen LogP) is 5.26. The van der Waals surface area contributed by atoms with E-state index in [1.165, 1.54) is 0 Å². The van der Waals surface area contributed by atoms with Gasteiger partial charge in [-0.3, -0.25) is 0 Å². The van der Waals surface area contributed by atoms with Crippen LogP contribution < -0.4 is 10.1 Å². The van der Waals surface area contributed by atoms with Crippen molar-refractivity contribution in [2.75, 3.05) is 12.4 Å². The van der Waals surface area contributed by atoms with Gasteiger partial charge in [0, 0.05) is 16.6 Å². The van der Waals surface area contributed by atoms with Crippen molar-refractivity contribution in [1.82, 2.24) is 9.97 Å². The minimum Gasteiger partial charge on any atom is -0.508 e. The molecule has 0 bridgehead atoms. The summed E-state index contributed by atoms with van der Waals surface area (Å²) in [6, 6.07) is 22.5. The molecule has 4 aromatic rings. The SMILES string of the molecule is COc1ccccc1/C=C/c1nc(Nc2ccc(O)cc2)c2ccccc2n1. The zero-order valence-corrected chi connectivity index (χ0v) is 15.3. The summed E-state index contributed by atoms with van der Waals surface area (Å²) in [5.74, 6) is 2.31. The molecule has 1 aromatic heterocycles. The first-order chi connectivity index (χ1) is 13.7. The number of nitrogens with zero attached hydrogens (tertiary/aromatic N) is 2. The van der Waals surface area contributed by atoms with Crippen LogP contribution in [0.2, 0.25) is 0 Å². The maximum Gasteiger partial charge on any atom is 0.154 e. The van der Waals surface area contributed by atoms with E-state index in [9.17, 15) is 5.11 Å². The number of rotatable bonds is 5. The molecular weight excluding hydrogens is 350 g/mol. The number of ether oxygens (including phenoxy) is 1. The lowest BCUT2D eigenvalue weighted by Gasteiger charge is -2.10. The van der Waals surface area contributed by atoms with E-state index in [0.717, 1.165) is 27.9 Å². The van der Waals surface area contributed by atoms with E-state index in [2.05, 4.69) is 15.3 Å². The lowest BCUT2D eigenvalue weighted by Crippen LogP contribution is -1.99. The maximum absolute atomic E-state index is 9.49. The summed E-state index contributed by atoms with van der Waals surface area (Å²) in [7, 11) is 1.65. The number of phenols is 1. The molecule has 0 spiro atoms. The Morgan fingerprint density at radius 1 is 0.857 bits per heavy atom. The number of aromatic hydroxyl groups is 1. The first kappa shape index (κ1) is 17.5. The fourth-order valence-corrected chi connectivity index (χ4v) is 2.91. The number of aromatic nitrogens is 2. The zero-order chi connectivity index (χ0) is 19.3. The average Bonchev–Trinajstić information content (AvgIpc) is 2.74. The Morgan fingerprint density at radius 2 is 1.61 bits per heavy atom. The molecule has 0 saturated heterocycles. The van der Waals surface area contributed by atoms with Gasteiger partial charge in [0.05, 0.1) is 12.6 Å².